The zero-order valence-corrected chi connectivity index (χ0v) is 14.3. The van der Waals surface area contributed by atoms with E-state index in [1.165, 1.54) is 34.7 Å². The molecule has 5 heteroatoms. The van der Waals surface area contributed by atoms with Crippen LogP contribution in [0.25, 0.3) is 0 Å². The summed E-state index contributed by atoms with van der Waals surface area (Å²) < 4.78 is 5.14. The molecule has 4 nitrogen and oxygen atoms in total. The third-order valence-electron chi connectivity index (χ3n) is 3.66. The molecule has 1 aliphatic carbocycles. The highest BCUT2D eigenvalue weighted by Gasteiger charge is 2.34. The molecule has 2 rings (SSSR count). The fraction of sp³-hybridized carbons (Fsp3) is 0.688. The van der Waals surface area contributed by atoms with Gasteiger partial charge in [-0.15, -0.1) is 11.3 Å². The minimum atomic E-state index is -0.284. The summed E-state index contributed by atoms with van der Waals surface area (Å²) in [4.78, 5) is 15.0. The second-order valence-corrected chi connectivity index (χ2v) is 6.99. The Bertz CT molecular complexity index is 507. The van der Waals surface area contributed by atoms with Crippen molar-refractivity contribution in [2.24, 2.45) is 5.92 Å². The molecule has 1 aromatic heterocycles. The van der Waals surface area contributed by atoms with Crippen molar-refractivity contribution in [3.05, 3.63) is 10.4 Å². The summed E-state index contributed by atoms with van der Waals surface area (Å²) in [6.45, 7) is 10.7. The molecule has 2 N–H and O–H groups in total. The van der Waals surface area contributed by atoms with Crippen molar-refractivity contribution in [3.63, 3.8) is 0 Å². The van der Waals surface area contributed by atoms with Crippen LogP contribution in [0, 0.1) is 5.92 Å². The first-order valence-electron chi connectivity index (χ1n) is 7.83. The largest absolute Gasteiger partial charge is 0.462 e. The Morgan fingerprint density at radius 2 is 2.10 bits per heavy atom. The average molecular weight is 310 g/mol. The van der Waals surface area contributed by atoms with Gasteiger partial charge < -0.3 is 15.4 Å². The van der Waals surface area contributed by atoms with E-state index in [0.29, 0.717) is 29.0 Å². The van der Waals surface area contributed by atoms with E-state index in [1.807, 2.05) is 6.92 Å². The van der Waals surface area contributed by atoms with Crippen LogP contribution in [0.2, 0.25) is 0 Å². The van der Waals surface area contributed by atoms with E-state index in [4.69, 9.17) is 10.5 Å². The van der Waals surface area contributed by atoms with E-state index < -0.39 is 0 Å². The summed E-state index contributed by atoms with van der Waals surface area (Å²) in [6, 6.07) is 0. The lowest BCUT2D eigenvalue weighted by Gasteiger charge is -2.25. The molecular formula is C16H26N2O2S. The summed E-state index contributed by atoms with van der Waals surface area (Å²) in [5.74, 6) is 0.820. The molecule has 1 saturated carbocycles. The van der Waals surface area contributed by atoms with E-state index >= 15 is 0 Å². The summed E-state index contributed by atoms with van der Waals surface area (Å²) in [7, 11) is 0. The van der Waals surface area contributed by atoms with Crippen LogP contribution in [0.1, 0.15) is 61.7 Å². The molecule has 0 atom stereocenters. The van der Waals surface area contributed by atoms with Crippen LogP contribution in [0.5, 0.6) is 0 Å². The highest BCUT2D eigenvalue weighted by molar-refractivity contribution is 7.18. The van der Waals surface area contributed by atoms with E-state index in [-0.39, 0.29) is 5.97 Å². The van der Waals surface area contributed by atoms with Gasteiger partial charge in [0.2, 0.25) is 0 Å². The lowest BCUT2D eigenvalue weighted by Crippen LogP contribution is -2.27. The van der Waals surface area contributed by atoms with Crippen LogP contribution in [-0.2, 0) is 4.74 Å². The monoisotopic (exact) mass is 310 g/mol. The second kappa shape index (κ2) is 6.69. The zero-order valence-electron chi connectivity index (χ0n) is 13.4. The number of nitrogen functional groups attached to an aromatic ring is 1. The number of thiophene rings is 1. The first-order valence-corrected chi connectivity index (χ1v) is 8.65. The summed E-state index contributed by atoms with van der Waals surface area (Å²) >= 11 is 1.50. The molecule has 0 aliphatic heterocycles. The Labute approximate surface area is 131 Å². The third kappa shape index (κ3) is 3.51. The normalized spacial score (nSPS) is 14.5. The molecule has 0 unspecified atom stereocenters. The van der Waals surface area contributed by atoms with Crippen molar-refractivity contribution in [2.45, 2.75) is 46.5 Å². The Morgan fingerprint density at radius 1 is 1.43 bits per heavy atom. The number of rotatable bonds is 7. The molecule has 0 amide bonds. The molecule has 1 aliphatic rings. The van der Waals surface area contributed by atoms with Gasteiger partial charge in [0.05, 0.1) is 17.3 Å². The molecule has 21 heavy (non-hydrogen) atoms. The smallest absolute Gasteiger partial charge is 0.350 e. The maximum Gasteiger partial charge on any atom is 0.350 e. The van der Waals surface area contributed by atoms with Gasteiger partial charge in [-0.2, -0.15) is 0 Å². The van der Waals surface area contributed by atoms with Crippen LogP contribution in [0.15, 0.2) is 0 Å². The number of ether oxygens (including phenoxy) is 1. The lowest BCUT2D eigenvalue weighted by atomic mass is 10.1. The summed E-state index contributed by atoms with van der Waals surface area (Å²) in [6.07, 6.45) is 2.35. The second-order valence-electron chi connectivity index (χ2n) is 5.99. The maximum absolute atomic E-state index is 12.1. The molecule has 0 radical (unpaired) electrons. The molecule has 1 fully saturated rings. The zero-order chi connectivity index (χ0) is 15.6. The Hall–Kier alpha value is -1.23. The first kappa shape index (κ1) is 16.1. The van der Waals surface area contributed by atoms with Crippen molar-refractivity contribution >= 4 is 28.0 Å². The number of esters is 1. The van der Waals surface area contributed by atoms with Crippen molar-refractivity contribution < 1.29 is 9.53 Å². The molecule has 1 heterocycles. The molecule has 0 spiro atoms. The van der Waals surface area contributed by atoms with Crippen LogP contribution in [0.4, 0.5) is 10.7 Å². The van der Waals surface area contributed by atoms with Gasteiger partial charge in [-0.25, -0.2) is 4.79 Å². The molecule has 118 valence electrons. The van der Waals surface area contributed by atoms with Gasteiger partial charge in [0.25, 0.3) is 0 Å². The number of carbonyl (C=O) groups excluding carboxylic acids is 1. The Balaban J connectivity index is 2.39. The van der Waals surface area contributed by atoms with E-state index in [9.17, 15) is 4.79 Å². The van der Waals surface area contributed by atoms with Gasteiger partial charge >= 0.3 is 5.97 Å². The predicted octanol–water partition coefficient (Wildman–Crippen LogP) is 3.87. The van der Waals surface area contributed by atoms with Crippen LogP contribution < -0.4 is 10.6 Å². The van der Waals surface area contributed by atoms with Crippen molar-refractivity contribution in [1.29, 1.82) is 0 Å². The highest BCUT2D eigenvalue weighted by Crippen LogP contribution is 2.52. The molecule has 1 aromatic rings. The fourth-order valence-electron chi connectivity index (χ4n) is 2.59. The first-order chi connectivity index (χ1) is 9.99. The Morgan fingerprint density at radius 3 is 2.57 bits per heavy atom. The van der Waals surface area contributed by atoms with Gasteiger partial charge in [-0.3, -0.25) is 0 Å². The van der Waals surface area contributed by atoms with Gasteiger partial charge in [-0.1, -0.05) is 13.8 Å². The van der Waals surface area contributed by atoms with Gasteiger partial charge in [0.1, 0.15) is 4.88 Å². The standard InChI is InChI=1S/C16H26N2O2S/c1-5-18(9-10(3)4)15-12(11-7-8-11)13(17)14(21-15)16(19)20-6-2/h10-11H,5-9,17H2,1-4H3. The average Bonchev–Trinajstić information content (AvgIpc) is 3.20. The third-order valence-corrected chi connectivity index (χ3v) is 4.93. The molecule has 0 aromatic carbocycles. The van der Waals surface area contributed by atoms with Crippen molar-refractivity contribution in [2.75, 3.05) is 30.3 Å². The molecular weight excluding hydrogens is 284 g/mol. The maximum atomic E-state index is 12.1. The summed E-state index contributed by atoms with van der Waals surface area (Å²) in [5.41, 5.74) is 8.12. The van der Waals surface area contributed by atoms with Gasteiger partial charge in [-0.05, 0) is 38.5 Å². The van der Waals surface area contributed by atoms with E-state index in [0.717, 1.165) is 13.1 Å². The predicted molar refractivity (Wildman–Crippen MR) is 89.4 cm³/mol. The molecule has 0 bridgehead atoms. The highest BCUT2D eigenvalue weighted by atomic mass is 32.1. The minimum Gasteiger partial charge on any atom is -0.462 e. The number of nitrogens with zero attached hydrogens (tertiary/aromatic N) is 1. The molecule has 0 saturated heterocycles. The van der Waals surface area contributed by atoms with Crippen molar-refractivity contribution in [3.8, 4) is 0 Å². The number of hydrogen-bond acceptors (Lipinski definition) is 5. The number of carbonyl (C=O) groups is 1. The minimum absolute atomic E-state index is 0.284. The van der Waals surface area contributed by atoms with Crippen LogP contribution in [0.3, 0.4) is 0 Å². The van der Waals surface area contributed by atoms with Crippen molar-refractivity contribution in [1.82, 2.24) is 0 Å². The van der Waals surface area contributed by atoms with Crippen LogP contribution in [-0.4, -0.2) is 25.7 Å². The summed E-state index contributed by atoms with van der Waals surface area (Å²) in [5, 5.41) is 1.18. The number of anilines is 2. The van der Waals surface area contributed by atoms with Gasteiger partial charge in [0.15, 0.2) is 0 Å². The quantitative estimate of drug-likeness (QED) is 0.777. The fourth-order valence-corrected chi connectivity index (χ4v) is 3.87. The lowest BCUT2D eigenvalue weighted by molar-refractivity contribution is 0.0533. The van der Waals surface area contributed by atoms with Crippen LogP contribution >= 0.6 is 11.3 Å². The van der Waals surface area contributed by atoms with E-state index in [1.54, 1.807) is 0 Å². The topological polar surface area (TPSA) is 55.6 Å². The number of hydrogen-bond donors (Lipinski definition) is 1. The number of nitrogens with two attached hydrogens (primary N) is 1. The van der Waals surface area contributed by atoms with E-state index in [2.05, 4.69) is 25.7 Å². The Kier molecular flexibility index (Phi) is 5.14. The SMILES string of the molecule is CCOC(=O)c1sc(N(CC)CC(C)C)c(C2CC2)c1N. The van der Waals surface area contributed by atoms with Gasteiger partial charge in [0, 0.05) is 18.7 Å².